The predicted molar refractivity (Wildman–Crippen MR) is 80.4 cm³/mol. The molecule has 0 amide bonds. The van der Waals surface area contributed by atoms with Gasteiger partial charge in [-0.25, -0.2) is 4.79 Å². The van der Waals surface area contributed by atoms with Gasteiger partial charge in [-0.1, -0.05) is 6.92 Å². The van der Waals surface area contributed by atoms with Crippen molar-refractivity contribution in [3.8, 4) is 5.75 Å². The van der Waals surface area contributed by atoms with Crippen LogP contribution in [-0.2, 0) is 9.53 Å². The van der Waals surface area contributed by atoms with Crippen molar-refractivity contribution >= 4 is 5.97 Å². The van der Waals surface area contributed by atoms with Crippen molar-refractivity contribution in [2.24, 2.45) is 0 Å². The van der Waals surface area contributed by atoms with Crippen molar-refractivity contribution < 1.29 is 19.4 Å². The van der Waals surface area contributed by atoms with Gasteiger partial charge in [0.1, 0.15) is 12.6 Å². The Morgan fingerprint density at radius 3 is 2.82 bits per heavy atom. The molecule has 0 radical (unpaired) electrons. The smallest absolute Gasteiger partial charge is 0.326 e. The van der Waals surface area contributed by atoms with Crippen LogP contribution in [-0.4, -0.2) is 60.0 Å². The number of hydrogen-bond acceptors (Lipinski definition) is 5. The number of rotatable bonds is 7. The minimum absolute atomic E-state index is 0.190. The number of pyridine rings is 1. The van der Waals surface area contributed by atoms with E-state index in [1.165, 1.54) is 10.8 Å². The Labute approximate surface area is 129 Å². The normalized spacial score (nSPS) is 17.1. The maximum atomic E-state index is 12.3. The van der Waals surface area contributed by atoms with Crippen LogP contribution >= 0.6 is 0 Å². The van der Waals surface area contributed by atoms with E-state index < -0.39 is 17.6 Å². The molecule has 0 aromatic carbocycles. The lowest BCUT2D eigenvalue weighted by atomic mass is 10.2. The van der Waals surface area contributed by atoms with Crippen LogP contribution in [0.2, 0.25) is 0 Å². The van der Waals surface area contributed by atoms with E-state index in [0.717, 1.165) is 26.3 Å². The molecule has 0 spiro atoms. The van der Waals surface area contributed by atoms with Crippen LogP contribution in [0, 0.1) is 0 Å². The van der Waals surface area contributed by atoms with Gasteiger partial charge in [-0.15, -0.1) is 0 Å². The molecule has 0 aliphatic carbocycles. The highest BCUT2D eigenvalue weighted by Crippen LogP contribution is 2.11. The molecule has 1 aromatic rings. The largest absolute Gasteiger partial charge is 0.487 e. The molecule has 7 heteroatoms. The molecular formula is C15H22N2O5. The minimum atomic E-state index is -1.02. The number of carbonyl (C=O) groups is 1. The third-order valence-corrected chi connectivity index (χ3v) is 3.72. The number of morpholine rings is 1. The van der Waals surface area contributed by atoms with E-state index in [4.69, 9.17) is 14.6 Å². The fourth-order valence-electron chi connectivity index (χ4n) is 2.44. The predicted octanol–water partition coefficient (Wildman–Crippen LogP) is 0.595. The van der Waals surface area contributed by atoms with E-state index >= 15 is 0 Å². The van der Waals surface area contributed by atoms with Crippen LogP contribution in [0.25, 0.3) is 0 Å². The van der Waals surface area contributed by atoms with Gasteiger partial charge in [0, 0.05) is 25.8 Å². The summed E-state index contributed by atoms with van der Waals surface area (Å²) in [5, 5.41) is 9.17. The molecule has 2 heterocycles. The lowest BCUT2D eigenvalue weighted by molar-refractivity contribution is -0.141. The van der Waals surface area contributed by atoms with Crippen molar-refractivity contribution in [3.63, 3.8) is 0 Å². The Kier molecular flexibility index (Phi) is 5.97. The Balaban J connectivity index is 1.99. The molecule has 0 bridgehead atoms. The van der Waals surface area contributed by atoms with Gasteiger partial charge in [0.05, 0.1) is 13.2 Å². The third-order valence-electron chi connectivity index (χ3n) is 3.72. The van der Waals surface area contributed by atoms with E-state index in [0.29, 0.717) is 19.6 Å². The maximum Gasteiger partial charge on any atom is 0.326 e. The average molecular weight is 310 g/mol. The zero-order chi connectivity index (χ0) is 15.9. The average Bonchev–Trinajstić information content (AvgIpc) is 2.52. The third kappa shape index (κ3) is 4.08. The van der Waals surface area contributed by atoms with E-state index in [9.17, 15) is 9.59 Å². The number of aromatic nitrogens is 1. The summed E-state index contributed by atoms with van der Waals surface area (Å²) in [6.45, 7) is 6.00. The molecule has 2 rings (SSSR count). The summed E-state index contributed by atoms with van der Waals surface area (Å²) in [7, 11) is 0. The van der Waals surface area contributed by atoms with E-state index in [2.05, 4.69) is 4.90 Å². The number of hydrogen-bond donors (Lipinski definition) is 1. The quantitative estimate of drug-likeness (QED) is 0.794. The summed E-state index contributed by atoms with van der Waals surface area (Å²) in [6, 6.07) is 2.35. The van der Waals surface area contributed by atoms with Crippen LogP contribution in [0.4, 0.5) is 0 Å². The molecule has 1 atom stereocenters. The van der Waals surface area contributed by atoms with Crippen molar-refractivity contribution in [2.75, 3.05) is 39.5 Å². The van der Waals surface area contributed by atoms with Crippen LogP contribution < -0.4 is 10.3 Å². The first-order valence-corrected chi connectivity index (χ1v) is 7.50. The summed E-state index contributed by atoms with van der Waals surface area (Å²) >= 11 is 0. The second-order valence-corrected chi connectivity index (χ2v) is 5.15. The zero-order valence-corrected chi connectivity index (χ0v) is 12.7. The van der Waals surface area contributed by atoms with Gasteiger partial charge in [0.25, 0.3) is 5.56 Å². The number of nitrogens with zero attached hydrogens (tertiary/aromatic N) is 2. The van der Waals surface area contributed by atoms with Gasteiger partial charge in [-0.3, -0.25) is 14.3 Å². The number of ether oxygens (including phenoxy) is 2. The molecule has 1 fully saturated rings. The fourth-order valence-corrected chi connectivity index (χ4v) is 2.44. The highest BCUT2D eigenvalue weighted by atomic mass is 16.5. The highest BCUT2D eigenvalue weighted by molar-refractivity contribution is 5.71. The van der Waals surface area contributed by atoms with Gasteiger partial charge >= 0.3 is 5.97 Å². The van der Waals surface area contributed by atoms with Gasteiger partial charge in [-0.2, -0.15) is 0 Å². The van der Waals surface area contributed by atoms with Crippen molar-refractivity contribution in [1.82, 2.24) is 9.47 Å². The summed E-state index contributed by atoms with van der Waals surface area (Å²) in [5.41, 5.74) is -0.404. The topological polar surface area (TPSA) is 81.0 Å². The molecule has 0 saturated carbocycles. The summed E-state index contributed by atoms with van der Waals surface area (Å²) in [4.78, 5) is 25.7. The first-order chi connectivity index (χ1) is 10.6. The monoisotopic (exact) mass is 310 g/mol. The van der Waals surface area contributed by atoms with E-state index in [1.807, 2.05) is 0 Å². The summed E-state index contributed by atoms with van der Waals surface area (Å²) < 4.78 is 12.0. The molecule has 1 aromatic heterocycles. The van der Waals surface area contributed by atoms with E-state index in [1.54, 1.807) is 19.1 Å². The van der Waals surface area contributed by atoms with E-state index in [-0.39, 0.29) is 5.75 Å². The molecule has 1 unspecified atom stereocenters. The number of carboxylic acid groups (broad SMARTS) is 1. The Bertz CT molecular complexity index is 551. The molecule has 1 aliphatic rings. The standard InChI is InChI=1S/C15H22N2O5/c1-2-12(15(19)20)17-5-3-4-13(14(17)18)22-11-8-16-6-9-21-10-7-16/h3-5,12H,2,6-11H2,1H3,(H,19,20). The molecule has 1 saturated heterocycles. The molecular weight excluding hydrogens is 288 g/mol. The first-order valence-electron chi connectivity index (χ1n) is 7.50. The van der Waals surface area contributed by atoms with Gasteiger partial charge in [-0.05, 0) is 18.6 Å². The van der Waals surface area contributed by atoms with Crippen molar-refractivity contribution in [3.05, 3.63) is 28.7 Å². The zero-order valence-electron chi connectivity index (χ0n) is 12.7. The lowest BCUT2D eigenvalue weighted by Gasteiger charge is -2.26. The van der Waals surface area contributed by atoms with Crippen LogP contribution in [0.3, 0.4) is 0 Å². The van der Waals surface area contributed by atoms with Gasteiger partial charge < -0.3 is 14.6 Å². The Morgan fingerprint density at radius 1 is 1.45 bits per heavy atom. The van der Waals surface area contributed by atoms with Crippen LogP contribution in [0.1, 0.15) is 19.4 Å². The molecule has 22 heavy (non-hydrogen) atoms. The SMILES string of the molecule is CCC(C(=O)O)n1cccc(OCCN2CCOCC2)c1=O. The summed E-state index contributed by atoms with van der Waals surface area (Å²) in [5.74, 6) is -0.828. The van der Waals surface area contributed by atoms with Crippen molar-refractivity contribution in [1.29, 1.82) is 0 Å². The highest BCUT2D eigenvalue weighted by Gasteiger charge is 2.19. The second-order valence-electron chi connectivity index (χ2n) is 5.15. The fraction of sp³-hybridized carbons (Fsp3) is 0.600. The summed E-state index contributed by atoms with van der Waals surface area (Å²) in [6.07, 6.45) is 1.83. The first kappa shape index (κ1) is 16.5. The van der Waals surface area contributed by atoms with Gasteiger partial charge in [0.2, 0.25) is 0 Å². The molecule has 122 valence electrons. The van der Waals surface area contributed by atoms with Gasteiger partial charge in [0.15, 0.2) is 5.75 Å². The maximum absolute atomic E-state index is 12.3. The molecule has 1 N–H and O–H groups in total. The Morgan fingerprint density at radius 2 is 2.18 bits per heavy atom. The minimum Gasteiger partial charge on any atom is -0.487 e. The lowest BCUT2D eigenvalue weighted by Crippen LogP contribution is -2.39. The second kappa shape index (κ2) is 7.95. The molecule has 1 aliphatic heterocycles. The van der Waals surface area contributed by atoms with Crippen LogP contribution in [0.15, 0.2) is 23.1 Å². The Hall–Kier alpha value is -1.86. The van der Waals surface area contributed by atoms with Crippen molar-refractivity contribution in [2.45, 2.75) is 19.4 Å². The number of aliphatic carboxylic acids is 1. The molecule has 7 nitrogen and oxygen atoms in total. The number of carboxylic acids is 1. The van der Waals surface area contributed by atoms with Crippen LogP contribution in [0.5, 0.6) is 5.75 Å².